The Morgan fingerprint density at radius 1 is 1.38 bits per heavy atom. The molecule has 0 bridgehead atoms. The van der Waals surface area contributed by atoms with Crippen molar-refractivity contribution in [2.75, 3.05) is 12.8 Å². The van der Waals surface area contributed by atoms with Crippen LogP contribution < -0.4 is 10.5 Å². The lowest BCUT2D eigenvalue weighted by molar-refractivity contribution is 0.574. The highest BCUT2D eigenvalue weighted by Crippen LogP contribution is 2.13. The summed E-state index contributed by atoms with van der Waals surface area (Å²) < 4.78 is 36.6. The zero-order valence-electron chi connectivity index (χ0n) is 8.98. The second kappa shape index (κ2) is 5.38. The van der Waals surface area contributed by atoms with Gasteiger partial charge in [-0.2, -0.15) is 0 Å². The summed E-state index contributed by atoms with van der Waals surface area (Å²) in [5.74, 6) is -0.315. The van der Waals surface area contributed by atoms with Gasteiger partial charge in [-0.3, -0.25) is 0 Å². The van der Waals surface area contributed by atoms with E-state index in [1.807, 2.05) is 0 Å². The molecule has 16 heavy (non-hydrogen) atoms. The third-order valence-electron chi connectivity index (χ3n) is 2.12. The number of hydrogen-bond donors (Lipinski definition) is 2. The van der Waals surface area contributed by atoms with Crippen LogP contribution in [0.3, 0.4) is 0 Å². The molecule has 0 amide bonds. The molecule has 6 heteroatoms. The van der Waals surface area contributed by atoms with Crippen LogP contribution in [0.25, 0.3) is 0 Å². The molecule has 1 aromatic rings. The highest BCUT2D eigenvalue weighted by molar-refractivity contribution is 7.88. The Bertz CT molecular complexity index is 431. The van der Waals surface area contributed by atoms with Gasteiger partial charge in [-0.15, -0.1) is 0 Å². The Morgan fingerprint density at radius 2 is 1.94 bits per heavy atom. The first-order valence-corrected chi connectivity index (χ1v) is 6.73. The summed E-state index contributed by atoms with van der Waals surface area (Å²) in [6.45, 7) is 0.275. The van der Waals surface area contributed by atoms with Crippen LogP contribution in [0.15, 0.2) is 24.3 Å². The Balaban J connectivity index is 2.47. The monoisotopic (exact) mass is 246 g/mol. The number of nitrogens with two attached hydrogens (primary N) is 1. The van der Waals surface area contributed by atoms with E-state index in [0.29, 0.717) is 6.42 Å². The summed E-state index contributed by atoms with van der Waals surface area (Å²) in [7, 11) is -3.17. The lowest BCUT2D eigenvalue weighted by atomic mass is 10.1. The maximum absolute atomic E-state index is 12.6. The standard InChI is InChI=1S/C10H15FN2O2S/c1-16(14,15)13-7-6-10(12)8-2-4-9(11)5-3-8/h2-5,10,13H,6-7,12H2,1H3. The number of nitrogens with one attached hydrogen (secondary N) is 1. The van der Waals surface area contributed by atoms with Gasteiger partial charge in [-0.05, 0) is 24.1 Å². The number of hydrogen-bond acceptors (Lipinski definition) is 3. The molecule has 0 heterocycles. The van der Waals surface area contributed by atoms with E-state index in [1.54, 1.807) is 12.1 Å². The largest absolute Gasteiger partial charge is 0.324 e. The molecule has 1 unspecified atom stereocenters. The smallest absolute Gasteiger partial charge is 0.208 e. The Labute approximate surface area is 94.7 Å². The third kappa shape index (κ3) is 4.69. The lowest BCUT2D eigenvalue weighted by Crippen LogP contribution is -2.26. The molecule has 0 aliphatic rings. The first kappa shape index (κ1) is 13.1. The Hall–Kier alpha value is -0.980. The van der Waals surface area contributed by atoms with E-state index in [1.165, 1.54) is 12.1 Å². The van der Waals surface area contributed by atoms with Crippen LogP contribution in [-0.2, 0) is 10.0 Å². The molecule has 0 spiro atoms. The van der Waals surface area contributed by atoms with Gasteiger partial charge >= 0.3 is 0 Å². The average molecular weight is 246 g/mol. The summed E-state index contributed by atoms with van der Waals surface area (Å²) in [5, 5.41) is 0. The second-order valence-electron chi connectivity index (χ2n) is 3.61. The minimum atomic E-state index is -3.17. The fourth-order valence-corrected chi connectivity index (χ4v) is 1.77. The third-order valence-corrected chi connectivity index (χ3v) is 2.85. The van der Waals surface area contributed by atoms with E-state index >= 15 is 0 Å². The van der Waals surface area contributed by atoms with E-state index in [9.17, 15) is 12.8 Å². The van der Waals surface area contributed by atoms with Crippen LogP contribution in [-0.4, -0.2) is 21.2 Å². The van der Waals surface area contributed by atoms with Crippen molar-refractivity contribution in [2.24, 2.45) is 5.73 Å². The van der Waals surface area contributed by atoms with Crippen LogP contribution in [0.2, 0.25) is 0 Å². The molecule has 0 saturated heterocycles. The molecular formula is C10H15FN2O2S. The normalized spacial score (nSPS) is 13.7. The maximum Gasteiger partial charge on any atom is 0.208 e. The van der Waals surface area contributed by atoms with Crippen molar-refractivity contribution >= 4 is 10.0 Å². The molecule has 90 valence electrons. The summed E-state index contributed by atoms with van der Waals surface area (Å²) in [5.41, 5.74) is 6.61. The number of benzene rings is 1. The summed E-state index contributed by atoms with van der Waals surface area (Å²) in [4.78, 5) is 0. The van der Waals surface area contributed by atoms with Crippen molar-refractivity contribution in [3.05, 3.63) is 35.6 Å². The molecule has 0 aliphatic heterocycles. The van der Waals surface area contributed by atoms with Gasteiger partial charge in [0.25, 0.3) is 0 Å². The molecule has 0 saturated carbocycles. The fraction of sp³-hybridized carbons (Fsp3) is 0.400. The maximum atomic E-state index is 12.6. The van der Waals surface area contributed by atoms with Crippen LogP contribution in [0, 0.1) is 5.82 Å². The Kier molecular flexibility index (Phi) is 4.40. The first-order valence-electron chi connectivity index (χ1n) is 4.84. The lowest BCUT2D eigenvalue weighted by Gasteiger charge is -2.11. The molecule has 0 aliphatic carbocycles. The molecule has 1 atom stereocenters. The number of halogens is 1. The van der Waals surface area contributed by atoms with Crippen LogP contribution in [0.5, 0.6) is 0 Å². The van der Waals surface area contributed by atoms with Gasteiger partial charge < -0.3 is 5.73 Å². The quantitative estimate of drug-likeness (QED) is 0.806. The average Bonchev–Trinajstić information content (AvgIpc) is 2.16. The summed E-state index contributed by atoms with van der Waals surface area (Å²) in [6.07, 6.45) is 1.56. The van der Waals surface area contributed by atoms with E-state index in [2.05, 4.69) is 4.72 Å². The van der Waals surface area contributed by atoms with Gasteiger partial charge in [0.05, 0.1) is 6.26 Å². The van der Waals surface area contributed by atoms with Gasteiger partial charge in [0.1, 0.15) is 5.82 Å². The minimum Gasteiger partial charge on any atom is -0.324 e. The van der Waals surface area contributed by atoms with Gasteiger partial charge in [0, 0.05) is 12.6 Å². The van der Waals surface area contributed by atoms with E-state index < -0.39 is 10.0 Å². The molecule has 3 N–H and O–H groups in total. The zero-order chi connectivity index (χ0) is 12.2. The van der Waals surface area contributed by atoms with Crippen molar-refractivity contribution in [2.45, 2.75) is 12.5 Å². The van der Waals surface area contributed by atoms with Gasteiger partial charge in [0.2, 0.25) is 10.0 Å². The van der Waals surface area contributed by atoms with Crippen molar-refractivity contribution < 1.29 is 12.8 Å². The zero-order valence-corrected chi connectivity index (χ0v) is 9.80. The van der Waals surface area contributed by atoms with Crippen molar-refractivity contribution in [1.29, 1.82) is 0 Å². The number of rotatable bonds is 5. The van der Waals surface area contributed by atoms with Gasteiger partial charge in [0.15, 0.2) is 0 Å². The minimum absolute atomic E-state index is 0.275. The van der Waals surface area contributed by atoms with E-state index in [4.69, 9.17) is 5.73 Å². The highest BCUT2D eigenvalue weighted by atomic mass is 32.2. The topological polar surface area (TPSA) is 72.2 Å². The molecular weight excluding hydrogens is 231 g/mol. The Morgan fingerprint density at radius 3 is 2.44 bits per heavy atom. The molecule has 4 nitrogen and oxygen atoms in total. The fourth-order valence-electron chi connectivity index (χ4n) is 1.28. The van der Waals surface area contributed by atoms with E-state index in [-0.39, 0.29) is 18.4 Å². The molecule has 0 radical (unpaired) electrons. The van der Waals surface area contributed by atoms with Crippen LogP contribution in [0.4, 0.5) is 4.39 Å². The van der Waals surface area contributed by atoms with Crippen LogP contribution in [0.1, 0.15) is 18.0 Å². The van der Waals surface area contributed by atoms with Crippen molar-refractivity contribution in [3.8, 4) is 0 Å². The molecule has 0 aromatic heterocycles. The van der Waals surface area contributed by atoms with Gasteiger partial charge in [-0.1, -0.05) is 12.1 Å². The van der Waals surface area contributed by atoms with E-state index in [0.717, 1.165) is 11.8 Å². The summed E-state index contributed by atoms with van der Waals surface area (Å²) >= 11 is 0. The predicted molar refractivity (Wildman–Crippen MR) is 60.8 cm³/mol. The van der Waals surface area contributed by atoms with Gasteiger partial charge in [-0.25, -0.2) is 17.5 Å². The predicted octanol–water partition coefficient (Wildman–Crippen LogP) is 0.765. The van der Waals surface area contributed by atoms with Crippen molar-refractivity contribution in [1.82, 2.24) is 4.72 Å². The summed E-state index contributed by atoms with van der Waals surface area (Å²) in [6, 6.07) is 5.56. The highest BCUT2D eigenvalue weighted by Gasteiger charge is 2.07. The second-order valence-corrected chi connectivity index (χ2v) is 5.45. The molecule has 1 rings (SSSR count). The van der Waals surface area contributed by atoms with Crippen molar-refractivity contribution in [3.63, 3.8) is 0 Å². The first-order chi connectivity index (χ1) is 7.38. The molecule has 0 fully saturated rings. The SMILES string of the molecule is CS(=O)(=O)NCCC(N)c1ccc(F)cc1. The van der Waals surface area contributed by atoms with Crippen LogP contribution >= 0.6 is 0 Å². The molecule has 1 aromatic carbocycles. The number of sulfonamides is 1.